The van der Waals surface area contributed by atoms with E-state index in [9.17, 15) is 13.2 Å². The number of benzene rings is 1. The van der Waals surface area contributed by atoms with Crippen molar-refractivity contribution in [2.75, 3.05) is 59.5 Å². The number of rotatable bonds is 6. The van der Waals surface area contributed by atoms with Gasteiger partial charge in [0.2, 0.25) is 15.9 Å². The van der Waals surface area contributed by atoms with E-state index in [-0.39, 0.29) is 0 Å². The highest BCUT2D eigenvalue weighted by molar-refractivity contribution is 7.93. The van der Waals surface area contributed by atoms with Crippen molar-refractivity contribution in [1.82, 2.24) is 9.88 Å². The quantitative estimate of drug-likeness (QED) is 0.688. The fourth-order valence-electron chi connectivity index (χ4n) is 4.10. The lowest BCUT2D eigenvalue weighted by Gasteiger charge is -2.35. The van der Waals surface area contributed by atoms with Crippen molar-refractivity contribution < 1.29 is 13.2 Å². The number of carbonyl (C=O) groups is 1. The molecule has 0 radical (unpaired) electrons. The van der Waals surface area contributed by atoms with E-state index in [2.05, 4.69) is 19.5 Å². The average Bonchev–Trinajstić information content (AvgIpc) is 2.80. The number of aromatic nitrogens is 1. The molecule has 0 atom stereocenters. The minimum absolute atomic E-state index is 0.397. The van der Waals surface area contributed by atoms with Gasteiger partial charge in [-0.3, -0.25) is 9.52 Å². The number of hydrogen-bond acceptors (Lipinski definition) is 6. The van der Waals surface area contributed by atoms with Crippen LogP contribution in [0, 0.1) is 0 Å². The highest BCUT2D eigenvalue weighted by atomic mass is 35.5. The first-order chi connectivity index (χ1) is 15.4. The highest BCUT2D eigenvalue weighted by Crippen LogP contribution is 2.22. The summed E-state index contributed by atoms with van der Waals surface area (Å²) in [6.07, 6.45) is 5.21. The van der Waals surface area contributed by atoms with Crippen molar-refractivity contribution in [1.29, 1.82) is 0 Å². The van der Waals surface area contributed by atoms with Gasteiger partial charge in [0.25, 0.3) is 0 Å². The first kappa shape index (κ1) is 22.7. The van der Waals surface area contributed by atoms with Crippen molar-refractivity contribution in [2.24, 2.45) is 0 Å². The molecule has 0 unspecified atom stereocenters. The van der Waals surface area contributed by atoms with Gasteiger partial charge in [0.05, 0.1) is 5.02 Å². The molecule has 2 aliphatic rings. The van der Waals surface area contributed by atoms with Gasteiger partial charge in [-0.25, -0.2) is 13.4 Å². The van der Waals surface area contributed by atoms with Crippen LogP contribution < -0.4 is 14.5 Å². The molecule has 0 saturated carbocycles. The number of nitrogens with zero attached hydrogens (tertiary/aromatic N) is 4. The molecule has 1 amide bonds. The summed E-state index contributed by atoms with van der Waals surface area (Å²) >= 11 is 5.88. The lowest BCUT2D eigenvalue weighted by Crippen LogP contribution is -2.50. The zero-order valence-corrected chi connectivity index (χ0v) is 19.5. The fraction of sp³-hybridized carbons (Fsp3) is 0.455. The van der Waals surface area contributed by atoms with E-state index in [1.165, 1.54) is 19.3 Å². The third-order valence-electron chi connectivity index (χ3n) is 5.84. The predicted molar refractivity (Wildman–Crippen MR) is 128 cm³/mol. The topological polar surface area (TPSA) is 85.8 Å². The normalized spacial score (nSPS) is 17.3. The summed E-state index contributed by atoms with van der Waals surface area (Å²) in [7, 11) is -3.79. The number of amides is 1. The maximum absolute atomic E-state index is 12.6. The Kier molecular flexibility index (Phi) is 7.05. The van der Waals surface area contributed by atoms with Crippen molar-refractivity contribution in [3.8, 4) is 0 Å². The van der Waals surface area contributed by atoms with Gasteiger partial charge in [0.15, 0.2) is 0 Å². The van der Waals surface area contributed by atoms with Crippen molar-refractivity contribution in [3.05, 3.63) is 47.6 Å². The van der Waals surface area contributed by atoms with Crippen LogP contribution in [-0.2, 0) is 14.8 Å². The molecule has 0 spiro atoms. The predicted octanol–water partition coefficient (Wildman–Crippen LogP) is 2.82. The van der Waals surface area contributed by atoms with Gasteiger partial charge in [0, 0.05) is 56.8 Å². The van der Waals surface area contributed by atoms with E-state index in [4.69, 9.17) is 11.6 Å². The molecule has 172 valence electrons. The number of piperidine rings is 1. The molecule has 2 fully saturated rings. The number of carbonyl (C=O) groups excluding carboxylic acids is 1. The fourth-order valence-corrected chi connectivity index (χ4v) is 5.29. The Bertz CT molecular complexity index is 1020. The van der Waals surface area contributed by atoms with E-state index in [1.807, 2.05) is 18.2 Å². The van der Waals surface area contributed by atoms with E-state index in [0.717, 1.165) is 24.6 Å². The van der Waals surface area contributed by atoms with Crippen LogP contribution in [0.25, 0.3) is 0 Å². The van der Waals surface area contributed by atoms with E-state index in [1.54, 1.807) is 29.3 Å². The lowest BCUT2D eigenvalue weighted by molar-refractivity contribution is -0.128. The van der Waals surface area contributed by atoms with Crippen molar-refractivity contribution in [2.45, 2.75) is 19.3 Å². The minimum atomic E-state index is -3.79. The molecule has 10 heteroatoms. The smallest absolute Gasteiger partial charge is 0.241 e. The number of pyridine rings is 1. The molecular weight excluding hydrogens is 450 g/mol. The monoisotopic (exact) mass is 477 g/mol. The van der Waals surface area contributed by atoms with Gasteiger partial charge in [0.1, 0.15) is 11.6 Å². The van der Waals surface area contributed by atoms with Crippen LogP contribution in [0.1, 0.15) is 19.3 Å². The van der Waals surface area contributed by atoms with Crippen LogP contribution >= 0.6 is 11.6 Å². The number of halogens is 1. The van der Waals surface area contributed by atoms with Crippen LogP contribution in [0.15, 0.2) is 42.6 Å². The number of anilines is 3. The first-order valence-electron chi connectivity index (χ1n) is 10.9. The number of sulfonamides is 1. The second-order valence-electron chi connectivity index (χ2n) is 8.16. The van der Waals surface area contributed by atoms with Crippen LogP contribution in [0.5, 0.6) is 0 Å². The Hall–Kier alpha value is -2.52. The lowest BCUT2D eigenvalue weighted by atomic mass is 10.1. The largest absolute Gasteiger partial charge is 0.372 e. The third kappa shape index (κ3) is 5.83. The zero-order chi connectivity index (χ0) is 22.6. The molecule has 1 N–H and O–H groups in total. The second-order valence-corrected chi connectivity index (χ2v) is 10.3. The molecule has 1 aromatic heterocycles. The van der Waals surface area contributed by atoms with E-state index in [0.29, 0.717) is 36.9 Å². The SMILES string of the molecule is O=C(CS(=O)(=O)Nc1ccc(N2CCCCC2)cc1)N1CCN(c2ccc(Cl)cn2)CC1. The molecule has 2 aliphatic heterocycles. The van der Waals surface area contributed by atoms with Gasteiger partial charge in [-0.2, -0.15) is 0 Å². The Balaban J connectivity index is 1.28. The molecule has 32 heavy (non-hydrogen) atoms. The first-order valence-corrected chi connectivity index (χ1v) is 12.9. The van der Waals surface area contributed by atoms with E-state index < -0.39 is 21.7 Å². The summed E-state index contributed by atoms with van der Waals surface area (Å²) in [4.78, 5) is 22.8. The van der Waals surface area contributed by atoms with E-state index >= 15 is 0 Å². The summed E-state index contributed by atoms with van der Waals surface area (Å²) in [5, 5.41) is 0.571. The van der Waals surface area contributed by atoms with Crippen LogP contribution in [-0.4, -0.2) is 69.2 Å². The standard InChI is InChI=1S/C22H28ClN5O3S/c23-18-4-9-21(24-16-18)27-12-14-28(15-13-27)22(29)17-32(30,31)25-19-5-7-20(8-6-19)26-10-2-1-3-11-26/h4-9,16,25H,1-3,10-15,17H2. The minimum Gasteiger partial charge on any atom is -0.372 e. The summed E-state index contributed by atoms with van der Waals surface area (Å²) in [5.74, 6) is -0.171. The van der Waals surface area contributed by atoms with Gasteiger partial charge in [-0.1, -0.05) is 11.6 Å². The average molecular weight is 478 g/mol. The molecule has 4 rings (SSSR count). The molecular formula is C22H28ClN5O3S. The van der Waals surface area contributed by atoms with Gasteiger partial charge in [-0.05, 0) is 55.7 Å². The van der Waals surface area contributed by atoms with Crippen LogP contribution in [0.2, 0.25) is 5.02 Å². The van der Waals surface area contributed by atoms with Crippen molar-refractivity contribution in [3.63, 3.8) is 0 Å². The summed E-state index contributed by atoms with van der Waals surface area (Å²) in [6.45, 7) is 4.13. The van der Waals surface area contributed by atoms with Crippen LogP contribution in [0.4, 0.5) is 17.2 Å². The Morgan fingerprint density at radius 1 is 0.906 bits per heavy atom. The van der Waals surface area contributed by atoms with Gasteiger partial charge in [-0.15, -0.1) is 0 Å². The zero-order valence-electron chi connectivity index (χ0n) is 17.9. The number of piperazine rings is 1. The second kappa shape index (κ2) is 9.95. The Labute approximate surface area is 194 Å². The summed E-state index contributed by atoms with van der Waals surface area (Å²) in [5.41, 5.74) is 1.56. The molecule has 2 saturated heterocycles. The number of hydrogen-bond donors (Lipinski definition) is 1. The maximum atomic E-state index is 12.6. The van der Waals surface area contributed by atoms with Gasteiger partial charge < -0.3 is 14.7 Å². The van der Waals surface area contributed by atoms with Gasteiger partial charge >= 0.3 is 0 Å². The molecule has 8 nitrogen and oxygen atoms in total. The molecule has 2 aromatic rings. The highest BCUT2D eigenvalue weighted by Gasteiger charge is 2.26. The van der Waals surface area contributed by atoms with Crippen LogP contribution in [0.3, 0.4) is 0 Å². The molecule has 3 heterocycles. The molecule has 0 aliphatic carbocycles. The summed E-state index contributed by atoms with van der Waals surface area (Å²) in [6, 6.07) is 11.0. The maximum Gasteiger partial charge on any atom is 0.241 e. The Morgan fingerprint density at radius 3 is 2.22 bits per heavy atom. The third-order valence-corrected chi connectivity index (χ3v) is 7.24. The molecule has 1 aromatic carbocycles. The molecule has 0 bridgehead atoms. The Morgan fingerprint density at radius 2 is 1.59 bits per heavy atom. The van der Waals surface area contributed by atoms with Crippen molar-refractivity contribution >= 4 is 44.7 Å². The number of nitrogens with one attached hydrogen (secondary N) is 1. The summed E-state index contributed by atoms with van der Waals surface area (Å²) < 4.78 is 27.6.